The van der Waals surface area contributed by atoms with Crippen molar-refractivity contribution in [2.24, 2.45) is 0 Å². The van der Waals surface area contributed by atoms with Crippen molar-refractivity contribution in [1.82, 2.24) is 39.0 Å². The normalized spacial score (nSPS) is 18.8. The first-order valence-electron chi connectivity index (χ1n) is 22.4. The Kier molecular flexibility index (Phi) is 11.6. The number of hydrogen-bond acceptors (Lipinski definition) is 9. The lowest BCUT2D eigenvalue weighted by Gasteiger charge is -2.30. The Morgan fingerprint density at radius 2 is 1.10 bits per heavy atom. The standard InChI is InChI=1S/C29H32N4O2.C21H23BrN4O/c1-21(34)23-6-5-7-24(16-23)27-18-31-33-19-25(17-30-28(27)33)22-8-10-26(11-9-22)35-29(12-13-29)20-32-14-3-2-4-15-32;22-19-13-24-26-14-17(12-23-20(19)26)16-4-6-18(7-5-16)27-21(8-9-21)15-25-10-2-1-3-11-25/h5-11,16-19,21,34H,2-4,12-15,20H2,1H3;4-7,12-14H,1-3,8-11,15H2/t21-;/m1./s1. The summed E-state index contributed by atoms with van der Waals surface area (Å²) in [6.45, 7) is 8.77. The minimum Gasteiger partial charge on any atom is -0.486 e. The zero-order valence-corrected chi connectivity index (χ0v) is 37.1. The lowest BCUT2D eigenvalue weighted by Crippen LogP contribution is -2.40. The summed E-state index contributed by atoms with van der Waals surface area (Å²) >= 11 is 3.46. The number of ether oxygens (including phenoxy) is 2. The fourth-order valence-electron chi connectivity index (χ4n) is 9.03. The molecule has 1 atom stereocenters. The maximum atomic E-state index is 9.93. The second-order valence-corrected chi connectivity index (χ2v) is 18.7. The van der Waals surface area contributed by atoms with Crippen LogP contribution in [0.1, 0.15) is 82.8 Å². The molecule has 6 heterocycles. The van der Waals surface area contributed by atoms with Gasteiger partial charge in [-0.15, -0.1) is 0 Å². The largest absolute Gasteiger partial charge is 0.486 e. The number of piperidine rings is 2. The quantitative estimate of drug-likeness (QED) is 0.128. The van der Waals surface area contributed by atoms with Crippen LogP contribution < -0.4 is 9.47 Å². The summed E-state index contributed by atoms with van der Waals surface area (Å²) in [6, 6.07) is 24.6. The lowest BCUT2D eigenvalue weighted by molar-refractivity contribution is 0.101. The first kappa shape index (κ1) is 40.9. The molecule has 2 saturated heterocycles. The highest BCUT2D eigenvalue weighted by Gasteiger charge is 2.47. The second-order valence-electron chi connectivity index (χ2n) is 17.9. The van der Waals surface area contributed by atoms with Gasteiger partial charge in [0.05, 0.1) is 23.0 Å². The number of halogens is 1. The zero-order valence-electron chi connectivity index (χ0n) is 35.5. The SMILES string of the molecule is Brc1cnn2cc(-c3ccc(OC4(CN5CCCCC5)CC4)cc3)cnc12.C[C@@H](O)c1cccc(-c2cnn3cc(-c4ccc(OC5(CN6CCCCC6)CC5)cc4)cnc23)c1. The summed E-state index contributed by atoms with van der Waals surface area (Å²) in [6.07, 6.45) is 23.5. The number of aliphatic hydroxyl groups is 1. The predicted molar refractivity (Wildman–Crippen MR) is 246 cm³/mol. The number of fused-ring (bicyclic) bond motifs is 2. The summed E-state index contributed by atoms with van der Waals surface area (Å²) in [5.41, 5.74) is 8.75. The maximum Gasteiger partial charge on any atom is 0.169 e. The molecule has 0 unspecified atom stereocenters. The van der Waals surface area contributed by atoms with Gasteiger partial charge in [0.15, 0.2) is 11.3 Å². The van der Waals surface area contributed by atoms with Crippen LogP contribution in [0, 0.1) is 0 Å². The van der Waals surface area contributed by atoms with E-state index in [4.69, 9.17) is 14.5 Å². The van der Waals surface area contributed by atoms with Crippen molar-refractivity contribution in [2.75, 3.05) is 39.3 Å². The molecule has 11 nitrogen and oxygen atoms in total. The number of benzene rings is 3. The van der Waals surface area contributed by atoms with Crippen molar-refractivity contribution in [1.29, 1.82) is 0 Å². The number of aromatic nitrogens is 6. The third kappa shape index (κ3) is 9.29. The van der Waals surface area contributed by atoms with E-state index in [1.54, 1.807) is 17.6 Å². The molecule has 12 heteroatoms. The molecule has 320 valence electrons. The monoisotopic (exact) mass is 894 g/mol. The molecule has 4 aromatic heterocycles. The third-order valence-corrected chi connectivity index (χ3v) is 13.5. The Bertz CT molecular complexity index is 2620. The van der Waals surface area contributed by atoms with Gasteiger partial charge in [0.2, 0.25) is 0 Å². The molecule has 3 aromatic carbocycles. The molecule has 2 aliphatic carbocycles. The van der Waals surface area contributed by atoms with E-state index in [2.05, 4.69) is 89.4 Å². The Labute approximate surface area is 371 Å². The molecule has 0 amide bonds. The molecule has 4 fully saturated rings. The van der Waals surface area contributed by atoms with Crippen LogP contribution in [0.4, 0.5) is 0 Å². The van der Waals surface area contributed by atoms with Crippen LogP contribution in [-0.2, 0) is 0 Å². The third-order valence-electron chi connectivity index (χ3n) is 12.9. The Balaban J connectivity index is 0.000000153. The second kappa shape index (κ2) is 17.6. The molecule has 1 N–H and O–H groups in total. The molecular formula is C50H55BrN8O3. The smallest absolute Gasteiger partial charge is 0.169 e. The maximum absolute atomic E-state index is 9.93. The summed E-state index contributed by atoms with van der Waals surface area (Å²) in [5.74, 6) is 1.90. The van der Waals surface area contributed by atoms with Crippen LogP contribution in [-0.4, -0.2) is 94.6 Å². The average molecular weight is 896 g/mol. The molecule has 62 heavy (non-hydrogen) atoms. The van der Waals surface area contributed by atoms with Crippen LogP contribution in [0.25, 0.3) is 44.7 Å². The zero-order chi connectivity index (χ0) is 42.1. The first-order valence-corrected chi connectivity index (χ1v) is 23.2. The van der Waals surface area contributed by atoms with Gasteiger partial charge in [0.25, 0.3) is 0 Å². The van der Waals surface area contributed by atoms with Crippen molar-refractivity contribution in [3.63, 3.8) is 0 Å². The molecule has 11 rings (SSSR count). The van der Waals surface area contributed by atoms with Gasteiger partial charge in [0, 0.05) is 54.6 Å². The Morgan fingerprint density at radius 3 is 1.61 bits per heavy atom. The Morgan fingerprint density at radius 1 is 0.597 bits per heavy atom. The van der Waals surface area contributed by atoms with Gasteiger partial charge in [-0.25, -0.2) is 19.0 Å². The fourth-order valence-corrected chi connectivity index (χ4v) is 9.41. The van der Waals surface area contributed by atoms with Gasteiger partial charge >= 0.3 is 0 Å². The molecule has 0 radical (unpaired) electrons. The van der Waals surface area contributed by atoms with Crippen molar-refractivity contribution >= 4 is 27.2 Å². The number of nitrogens with zero attached hydrogens (tertiary/aromatic N) is 8. The van der Waals surface area contributed by atoms with E-state index in [-0.39, 0.29) is 11.2 Å². The van der Waals surface area contributed by atoms with Crippen LogP contribution in [0.15, 0.2) is 114 Å². The van der Waals surface area contributed by atoms with Crippen molar-refractivity contribution in [3.8, 4) is 44.9 Å². The van der Waals surface area contributed by atoms with E-state index in [0.29, 0.717) is 0 Å². The van der Waals surface area contributed by atoms with Gasteiger partial charge < -0.3 is 14.6 Å². The summed E-state index contributed by atoms with van der Waals surface area (Å²) in [4.78, 5) is 14.4. The van der Waals surface area contributed by atoms with Crippen LogP contribution in [0.5, 0.6) is 11.5 Å². The molecule has 0 spiro atoms. The molecule has 2 saturated carbocycles. The molecule has 0 bridgehead atoms. The number of aliphatic hydroxyl groups excluding tert-OH is 1. The fraction of sp³-hybridized carbons (Fsp3) is 0.400. The summed E-state index contributed by atoms with van der Waals surface area (Å²) in [7, 11) is 0. The minimum atomic E-state index is -0.511. The average Bonchev–Trinajstić information content (AvgIpc) is 4.16. The van der Waals surface area contributed by atoms with E-state index in [1.165, 1.54) is 77.5 Å². The van der Waals surface area contributed by atoms with Crippen LogP contribution >= 0.6 is 15.9 Å². The summed E-state index contributed by atoms with van der Waals surface area (Å²) in [5, 5.41) is 18.8. The number of hydrogen-bond donors (Lipinski definition) is 1. The van der Waals surface area contributed by atoms with Gasteiger partial charge in [-0.3, -0.25) is 9.80 Å². The van der Waals surface area contributed by atoms with Gasteiger partial charge in [-0.2, -0.15) is 10.2 Å². The first-order chi connectivity index (χ1) is 30.3. The van der Waals surface area contributed by atoms with E-state index in [9.17, 15) is 5.11 Å². The van der Waals surface area contributed by atoms with Gasteiger partial charge in [-0.05, 0) is 153 Å². The van der Waals surface area contributed by atoms with E-state index >= 15 is 0 Å². The molecular weight excluding hydrogens is 841 g/mol. The predicted octanol–water partition coefficient (Wildman–Crippen LogP) is 10.1. The topological polar surface area (TPSA) is 106 Å². The highest BCUT2D eigenvalue weighted by atomic mass is 79.9. The van der Waals surface area contributed by atoms with E-state index < -0.39 is 6.10 Å². The molecule has 4 aliphatic rings. The summed E-state index contributed by atoms with van der Waals surface area (Å²) < 4.78 is 17.4. The van der Waals surface area contributed by atoms with Crippen molar-refractivity contribution in [3.05, 3.63) is 120 Å². The Hall–Kier alpha value is -5.14. The highest BCUT2D eigenvalue weighted by Crippen LogP contribution is 2.43. The van der Waals surface area contributed by atoms with E-state index in [1.807, 2.05) is 59.8 Å². The van der Waals surface area contributed by atoms with Gasteiger partial charge in [-0.1, -0.05) is 55.3 Å². The van der Waals surface area contributed by atoms with Crippen molar-refractivity contribution < 1.29 is 14.6 Å². The molecule has 7 aromatic rings. The highest BCUT2D eigenvalue weighted by molar-refractivity contribution is 9.10. The van der Waals surface area contributed by atoms with Crippen molar-refractivity contribution in [2.45, 2.75) is 88.4 Å². The van der Waals surface area contributed by atoms with E-state index in [0.717, 1.165) is 92.1 Å². The lowest BCUT2D eigenvalue weighted by atomic mass is 10.0. The van der Waals surface area contributed by atoms with Crippen LogP contribution in [0.3, 0.4) is 0 Å². The number of likely N-dealkylation sites (tertiary alicyclic amines) is 2. The number of rotatable bonds is 12. The minimum absolute atomic E-state index is 0.00983. The molecule has 2 aliphatic heterocycles. The van der Waals surface area contributed by atoms with Crippen LogP contribution in [0.2, 0.25) is 0 Å². The van der Waals surface area contributed by atoms with Gasteiger partial charge in [0.1, 0.15) is 22.7 Å².